The van der Waals surface area contributed by atoms with Gasteiger partial charge < -0.3 is 0 Å². The number of rotatable bonds is 3. The summed E-state index contributed by atoms with van der Waals surface area (Å²) < 4.78 is 24.4. The number of imidazole rings is 1. The summed E-state index contributed by atoms with van der Waals surface area (Å²) in [6.45, 7) is 1.97. The molecule has 2 heterocycles. The van der Waals surface area contributed by atoms with E-state index in [9.17, 15) is 8.42 Å². The maximum Gasteiger partial charge on any atom is 0.255 e. The number of hydrogen-bond acceptors (Lipinski definition) is 4. The summed E-state index contributed by atoms with van der Waals surface area (Å²) in [5.74, 6) is 0. The highest BCUT2D eigenvalue weighted by Gasteiger charge is 2.21. The van der Waals surface area contributed by atoms with E-state index in [0.29, 0.717) is 17.1 Å². The lowest BCUT2D eigenvalue weighted by atomic mass is 10.3. The molecule has 0 amide bonds. The number of primary sulfonamides is 1. The molecule has 0 spiro atoms. The second-order valence-corrected chi connectivity index (χ2v) is 5.56. The van der Waals surface area contributed by atoms with Gasteiger partial charge in [-0.1, -0.05) is 13.3 Å². The second kappa shape index (κ2) is 3.58. The molecule has 0 aliphatic heterocycles. The van der Waals surface area contributed by atoms with Crippen LogP contribution in [0, 0.1) is 0 Å². The Bertz CT molecular complexity index is 582. The normalized spacial score (nSPS) is 12.4. The zero-order valence-electron chi connectivity index (χ0n) is 8.17. The minimum absolute atomic E-state index is 0.126. The Morgan fingerprint density at radius 2 is 2.33 bits per heavy atom. The van der Waals surface area contributed by atoms with E-state index in [-0.39, 0.29) is 5.03 Å². The van der Waals surface area contributed by atoms with Crippen molar-refractivity contribution in [2.45, 2.75) is 24.8 Å². The number of aromatic nitrogens is 2. The highest BCUT2D eigenvalue weighted by atomic mass is 32.2. The zero-order chi connectivity index (χ0) is 11.1. The molecule has 2 aromatic heterocycles. The minimum atomic E-state index is -3.70. The van der Waals surface area contributed by atoms with Crippen molar-refractivity contribution < 1.29 is 8.42 Å². The fraction of sp³-hybridized carbons (Fsp3) is 0.375. The summed E-state index contributed by atoms with van der Waals surface area (Å²) in [7, 11) is -3.70. The molecule has 2 N–H and O–H groups in total. The lowest BCUT2D eigenvalue weighted by Crippen LogP contribution is -2.16. The number of thiazole rings is 1. The second-order valence-electron chi connectivity index (χ2n) is 3.21. The number of fused-ring (bicyclic) bond motifs is 1. The van der Waals surface area contributed by atoms with Crippen LogP contribution in [0.25, 0.3) is 4.96 Å². The van der Waals surface area contributed by atoms with Crippen molar-refractivity contribution in [3.63, 3.8) is 0 Å². The van der Waals surface area contributed by atoms with Crippen LogP contribution < -0.4 is 5.14 Å². The molecule has 0 atom stereocenters. The predicted molar refractivity (Wildman–Crippen MR) is 58.4 cm³/mol. The monoisotopic (exact) mass is 245 g/mol. The Morgan fingerprint density at radius 1 is 1.60 bits per heavy atom. The van der Waals surface area contributed by atoms with Crippen LogP contribution in [-0.2, 0) is 16.4 Å². The third-order valence-electron chi connectivity index (χ3n) is 2.04. The van der Waals surface area contributed by atoms with Gasteiger partial charge in [-0.3, -0.25) is 4.40 Å². The van der Waals surface area contributed by atoms with E-state index < -0.39 is 10.0 Å². The number of nitrogens with zero attached hydrogens (tertiary/aromatic N) is 2. The molecule has 2 aromatic rings. The Hall–Kier alpha value is -0.920. The van der Waals surface area contributed by atoms with Crippen molar-refractivity contribution >= 4 is 26.3 Å². The number of aryl methyl sites for hydroxylation is 1. The van der Waals surface area contributed by atoms with Crippen molar-refractivity contribution in [1.29, 1.82) is 0 Å². The molecule has 0 fully saturated rings. The third kappa shape index (κ3) is 1.77. The van der Waals surface area contributed by atoms with Gasteiger partial charge in [0.2, 0.25) is 0 Å². The number of sulfonamides is 1. The van der Waals surface area contributed by atoms with Crippen LogP contribution in [0.5, 0.6) is 0 Å². The van der Waals surface area contributed by atoms with E-state index in [4.69, 9.17) is 5.14 Å². The summed E-state index contributed by atoms with van der Waals surface area (Å²) in [6, 6.07) is 0. The molecule has 15 heavy (non-hydrogen) atoms. The van der Waals surface area contributed by atoms with Crippen LogP contribution in [0.3, 0.4) is 0 Å². The van der Waals surface area contributed by atoms with Crippen LogP contribution in [0.15, 0.2) is 16.6 Å². The van der Waals surface area contributed by atoms with Gasteiger partial charge in [-0.15, -0.1) is 11.3 Å². The molecule has 0 radical (unpaired) electrons. The standard InChI is InChI=1S/C8H11N3O2S2/c1-2-3-6-7(15(9,12)13)11-4-5-14-8(11)10-6/h4-5H,2-3H2,1H3,(H2,9,12,13). The summed E-state index contributed by atoms with van der Waals surface area (Å²) in [5.41, 5.74) is 0.562. The third-order valence-corrected chi connectivity index (χ3v) is 3.77. The Morgan fingerprint density at radius 3 is 2.93 bits per heavy atom. The quantitative estimate of drug-likeness (QED) is 0.876. The molecule has 5 nitrogen and oxygen atoms in total. The van der Waals surface area contributed by atoms with Gasteiger partial charge in [0.25, 0.3) is 10.0 Å². The van der Waals surface area contributed by atoms with Crippen molar-refractivity contribution in [1.82, 2.24) is 9.38 Å². The van der Waals surface area contributed by atoms with E-state index in [2.05, 4.69) is 4.98 Å². The van der Waals surface area contributed by atoms with E-state index in [1.54, 1.807) is 11.6 Å². The summed E-state index contributed by atoms with van der Waals surface area (Å²) in [5, 5.41) is 7.08. The molecule has 0 aliphatic carbocycles. The predicted octanol–water partition coefficient (Wildman–Crippen LogP) is 0.996. The van der Waals surface area contributed by atoms with E-state index in [1.165, 1.54) is 15.7 Å². The summed E-state index contributed by atoms with van der Waals surface area (Å²) >= 11 is 1.40. The smallest absolute Gasteiger partial charge is 0.255 e. The fourth-order valence-corrected chi connectivity index (χ4v) is 3.20. The van der Waals surface area contributed by atoms with Gasteiger partial charge in [0.05, 0.1) is 5.69 Å². The van der Waals surface area contributed by atoms with Crippen molar-refractivity contribution in [3.05, 3.63) is 17.3 Å². The van der Waals surface area contributed by atoms with Gasteiger partial charge in [-0.05, 0) is 6.42 Å². The molecular weight excluding hydrogens is 234 g/mol. The van der Waals surface area contributed by atoms with Gasteiger partial charge in [0.15, 0.2) is 9.99 Å². The van der Waals surface area contributed by atoms with Crippen LogP contribution in [0.2, 0.25) is 0 Å². The van der Waals surface area contributed by atoms with E-state index >= 15 is 0 Å². The van der Waals surface area contributed by atoms with E-state index in [0.717, 1.165) is 6.42 Å². The first-order valence-corrected chi connectivity index (χ1v) is 6.94. The van der Waals surface area contributed by atoms with Crippen molar-refractivity contribution in [2.75, 3.05) is 0 Å². The first kappa shape index (κ1) is 10.6. The molecule has 0 saturated heterocycles. The average molecular weight is 245 g/mol. The molecular formula is C8H11N3O2S2. The van der Waals surface area contributed by atoms with Gasteiger partial charge >= 0.3 is 0 Å². The Kier molecular flexibility index (Phi) is 2.53. The van der Waals surface area contributed by atoms with Crippen LogP contribution in [0.4, 0.5) is 0 Å². The van der Waals surface area contributed by atoms with Gasteiger partial charge in [0.1, 0.15) is 0 Å². The Balaban J connectivity index is 2.75. The maximum atomic E-state index is 11.4. The summed E-state index contributed by atoms with van der Waals surface area (Å²) in [6.07, 6.45) is 3.14. The number of nitrogens with two attached hydrogens (primary N) is 1. The topological polar surface area (TPSA) is 77.5 Å². The lowest BCUT2D eigenvalue weighted by molar-refractivity contribution is 0.591. The molecule has 0 bridgehead atoms. The molecule has 0 aromatic carbocycles. The molecule has 0 aliphatic rings. The average Bonchev–Trinajstić information content (AvgIpc) is 2.60. The van der Waals surface area contributed by atoms with Gasteiger partial charge in [-0.2, -0.15) is 0 Å². The van der Waals surface area contributed by atoms with Gasteiger partial charge in [0, 0.05) is 11.6 Å². The highest BCUT2D eigenvalue weighted by molar-refractivity contribution is 7.89. The lowest BCUT2D eigenvalue weighted by Gasteiger charge is -1.99. The van der Waals surface area contributed by atoms with Crippen LogP contribution in [-0.4, -0.2) is 17.8 Å². The van der Waals surface area contributed by atoms with Gasteiger partial charge in [-0.25, -0.2) is 18.5 Å². The molecule has 2 rings (SSSR count). The first-order valence-electron chi connectivity index (χ1n) is 4.51. The molecule has 82 valence electrons. The SMILES string of the molecule is CCCc1nc2sccn2c1S(N)(=O)=O. The minimum Gasteiger partial charge on any atom is -0.280 e. The van der Waals surface area contributed by atoms with E-state index in [1.807, 2.05) is 6.92 Å². The fourth-order valence-electron chi connectivity index (χ4n) is 1.51. The number of hydrogen-bond donors (Lipinski definition) is 1. The van der Waals surface area contributed by atoms with Crippen molar-refractivity contribution in [3.8, 4) is 0 Å². The molecule has 0 saturated carbocycles. The molecule has 0 unspecified atom stereocenters. The van der Waals surface area contributed by atoms with Crippen molar-refractivity contribution in [2.24, 2.45) is 5.14 Å². The maximum absolute atomic E-state index is 11.4. The zero-order valence-corrected chi connectivity index (χ0v) is 9.81. The Labute approximate surface area is 91.6 Å². The first-order chi connectivity index (χ1) is 7.04. The van der Waals surface area contributed by atoms with Crippen LogP contribution >= 0.6 is 11.3 Å². The highest BCUT2D eigenvalue weighted by Crippen LogP contribution is 2.21. The summed E-state index contributed by atoms with van der Waals surface area (Å²) in [4.78, 5) is 4.92. The largest absolute Gasteiger partial charge is 0.280 e. The molecule has 7 heteroatoms. The van der Waals surface area contributed by atoms with Crippen LogP contribution in [0.1, 0.15) is 19.0 Å².